The fourth-order valence-electron chi connectivity index (χ4n) is 0.340. The summed E-state index contributed by atoms with van der Waals surface area (Å²) in [7, 11) is 7.00. The first-order valence-electron chi connectivity index (χ1n) is 3.51. The maximum Gasteiger partial charge on any atom is 3.00 e. The Kier molecular flexibility index (Phi) is 34.0. The van der Waals surface area contributed by atoms with Crippen LogP contribution >= 0.6 is 0 Å². The molecule has 0 amide bonds. The van der Waals surface area contributed by atoms with Gasteiger partial charge in [-0.3, -0.25) is 6.08 Å². The molecule has 0 saturated heterocycles. The maximum atomic E-state index is 3.50. The van der Waals surface area contributed by atoms with Crippen LogP contribution in [0.5, 0.6) is 0 Å². The van der Waals surface area contributed by atoms with Gasteiger partial charge in [-0.15, -0.1) is 6.42 Å². The van der Waals surface area contributed by atoms with Crippen molar-refractivity contribution >= 4 is 0 Å². The quantitative estimate of drug-likeness (QED) is 0.586. The number of nitrogens with zero attached hydrogens (tertiary/aromatic N) is 2. The Morgan fingerprint density at radius 1 is 1.08 bits per heavy atom. The van der Waals surface area contributed by atoms with Crippen molar-refractivity contribution < 1.29 is 26.2 Å². The number of allylic oxidation sites excluding steroid dienone is 4. The van der Waals surface area contributed by atoms with Gasteiger partial charge in [0.1, 0.15) is 0 Å². The van der Waals surface area contributed by atoms with Gasteiger partial charge < -0.3 is 10.6 Å². The summed E-state index contributed by atoms with van der Waals surface area (Å²) in [5.74, 6) is 0. The molecule has 1 radical (unpaired) electrons. The van der Waals surface area contributed by atoms with Crippen molar-refractivity contribution in [3.63, 3.8) is 0 Å². The molecule has 0 unspecified atom stereocenters. The van der Waals surface area contributed by atoms with Crippen molar-refractivity contribution in [2.45, 2.75) is 6.42 Å². The summed E-state index contributed by atoms with van der Waals surface area (Å²) in [5.41, 5.74) is 0. The molecule has 1 rings (SSSR count). The zero-order valence-corrected chi connectivity index (χ0v) is 10.8. The van der Waals surface area contributed by atoms with Crippen LogP contribution in [-0.4, -0.2) is 28.2 Å². The molecule has 0 aromatic rings. The third-order valence-electron chi connectivity index (χ3n) is 0.586. The van der Waals surface area contributed by atoms with Crippen molar-refractivity contribution in [3.8, 4) is 0 Å². The standard InChI is InChI=1S/C5H5.2C2H6N.Zr/c1-2-4-5-3-1;2*1-3-2;/h1-3H,4H2;2*1-2H3;/q3*-1;+3. The Labute approximate surface area is 95.6 Å². The van der Waals surface area contributed by atoms with E-state index in [1.165, 1.54) is 0 Å². The van der Waals surface area contributed by atoms with Crippen LogP contribution in [0, 0.1) is 6.08 Å². The van der Waals surface area contributed by atoms with Crippen molar-refractivity contribution in [2.24, 2.45) is 0 Å². The topological polar surface area (TPSA) is 28.2 Å². The van der Waals surface area contributed by atoms with Crippen LogP contribution in [0.4, 0.5) is 0 Å². The van der Waals surface area contributed by atoms with E-state index in [1.54, 1.807) is 28.2 Å². The molecule has 0 aromatic heterocycles. The third kappa shape index (κ3) is 31.7. The van der Waals surface area contributed by atoms with Gasteiger partial charge in [0.05, 0.1) is 0 Å². The summed E-state index contributed by atoms with van der Waals surface area (Å²) in [6.07, 6.45) is 10.0. The Bertz CT molecular complexity index is 88.7. The van der Waals surface area contributed by atoms with E-state index in [1.807, 2.05) is 12.2 Å². The van der Waals surface area contributed by atoms with Gasteiger partial charge in [-0.1, -0.05) is 0 Å². The van der Waals surface area contributed by atoms with E-state index in [0.29, 0.717) is 0 Å². The Hall–Kier alpha value is 0.283. The molecule has 0 saturated carbocycles. The summed E-state index contributed by atoms with van der Waals surface area (Å²) in [6.45, 7) is 0. The predicted molar refractivity (Wildman–Crippen MR) is 52.0 cm³/mol. The summed E-state index contributed by atoms with van der Waals surface area (Å²) in [5, 5.41) is 7.00. The molecule has 0 aromatic carbocycles. The predicted octanol–water partition coefficient (Wildman–Crippen LogP) is 2.54. The third-order valence-corrected chi connectivity index (χ3v) is 0.586. The van der Waals surface area contributed by atoms with E-state index in [2.05, 4.69) is 22.8 Å². The van der Waals surface area contributed by atoms with E-state index in [4.69, 9.17) is 0 Å². The van der Waals surface area contributed by atoms with Gasteiger partial charge in [-0.05, 0) is 0 Å². The molecular formula is C9H17N2Zr. The van der Waals surface area contributed by atoms with E-state index >= 15 is 0 Å². The summed E-state index contributed by atoms with van der Waals surface area (Å²) >= 11 is 0. The van der Waals surface area contributed by atoms with Crippen molar-refractivity contribution in [3.05, 3.63) is 34.9 Å². The second-order valence-corrected chi connectivity index (χ2v) is 1.90. The number of hydrogen-bond acceptors (Lipinski definition) is 0. The van der Waals surface area contributed by atoms with Gasteiger partial charge >= 0.3 is 26.2 Å². The second-order valence-electron chi connectivity index (χ2n) is 1.90. The molecule has 1 aliphatic carbocycles. The molecule has 0 bridgehead atoms. The molecular weight excluding hydrogens is 227 g/mol. The monoisotopic (exact) mass is 243 g/mol. The first kappa shape index (κ1) is 18.1. The molecule has 3 heteroatoms. The van der Waals surface area contributed by atoms with Gasteiger partial charge in [0.25, 0.3) is 0 Å². The normalized spacial score (nSPS) is 10.3. The van der Waals surface area contributed by atoms with E-state index in [0.717, 1.165) is 6.42 Å². The number of hydrogen-bond donors (Lipinski definition) is 0. The second kappa shape index (κ2) is 22.5. The molecule has 67 valence electrons. The SMILES string of the molecule is C[N-]C.C[N-]C.[C-]1=CC=CC1.[Zr+3]. The van der Waals surface area contributed by atoms with Crippen LogP contribution in [0.25, 0.3) is 10.6 Å². The molecule has 12 heavy (non-hydrogen) atoms. The zero-order valence-electron chi connectivity index (χ0n) is 8.33. The zero-order chi connectivity index (χ0) is 8.95. The molecule has 1 aliphatic rings. The minimum Gasteiger partial charge on any atom is -0.668 e. The molecule has 0 N–H and O–H groups in total. The molecule has 0 aliphatic heterocycles. The first-order valence-corrected chi connectivity index (χ1v) is 3.51. The molecule has 0 fully saturated rings. The van der Waals surface area contributed by atoms with Gasteiger partial charge in [-0.2, -0.15) is 34.3 Å². The van der Waals surface area contributed by atoms with Crippen LogP contribution in [0.3, 0.4) is 0 Å². The smallest absolute Gasteiger partial charge is 0.668 e. The van der Waals surface area contributed by atoms with Gasteiger partial charge in [-0.25, -0.2) is 12.2 Å². The van der Waals surface area contributed by atoms with Crippen molar-refractivity contribution in [1.82, 2.24) is 0 Å². The van der Waals surface area contributed by atoms with Crippen LogP contribution in [0.1, 0.15) is 6.42 Å². The average Bonchev–Trinajstić information content (AvgIpc) is 2.44. The molecule has 0 heterocycles. The fourth-order valence-corrected chi connectivity index (χ4v) is 0.340. The fraction of sp³-hybridized carbons (Fsp3) is 0.556. The molecule has 0 spiro atoms. The molecule has 2 nitrogen and oxygen atoms in total. The van der Waals surface area contributed by atoms with Crippen molar-refractivity contribution in [2.75, 3.05) is 28.2 Å². The molecule has 0 atom stereocenters. The minimum absolute atomic E-state index is 0. The Morgan fingerprint density at radius 2 is 1.50 bits per heavy atom. The van der Waals surface area contributed by atoms with Gasteiger partial charge in [0.2, 0.25) is 0 Å². The van der Waals surface area contributed by atoms with E-state index < -0.39 is 0 Å². The van der Waals surface area contributed by atoms with Crippen LogP contribution < -0.4 is 0 Å². The van der Waals surface area contributed by atoms with Crippen LogP contribution in [0.15, 0.2) is 18.2 Å². The van der Waals surface area contributed by atoms with Crippen molar-refractivity contribution in [1.29, 1.82) is 0 Å². The van der Waals surface area contributed by atoms with E-state index in [9.17, 15) is 0 Å². The summed E-state index contributed by atoms with van der Waals surface area (Å²) < 4.78 is 0. The summed E-state index contributed by atoms with van der Waals surface area (Å²) in [4.78, 5) is 0. The average molecular weight is 244 g/mol. The van der Waals surface area contributed by atoms with Gasteiger partial charge in [0, 0.05) is 0 Å². The largest absolute Gasteiger partial charge is 3.00 e. The van der Waals surface area contributed by atoms with Gasteiger partial charge in [0.15, 0.2) is 0 Å². The number of rotatable bonds is 0. The van der Waals surface area contributed by atoms with Crippen LogP contribution in [-0.2, 0) is 26.2 Å². The minimum atomic E-state index is 0. The Morgan fingerprint density at radius 3 is 1.58 bits per heavy atom. The van der Waals surface area contributed by atoms with Crippen LogP contribution in [0.2, 0.25) is 0 Å². The maximum absolute atomic E-state index is 3.50. The Balaban J connectivity index is -0.000000104. The first-order chi connectivity index (χ1) is 5.33. The van der Waals surface area contributed by atoms with E-state index in [-0.39, 0.29) is 26.2 Å². The summed E-state index contributed by atoms with van der Waals surface area (Å²) in [6, 6.07) is 0.